The molecule has 182 valence electrons. The van der Waals surface area contributed by atoms with E-state index in [0.717, 1.165) is 22.1 Å². The van der Waals surface area contributed by atoms with Crippen LogP contribution in [0, 0.1) is 5.92 Å². The van der Waals surface area contributed by atoms with Crippen LogP contribution in [0.4, 0.5) is 0 Å². The molecule has 0 saturated heterocycles. The second-order valence-corrected chi connectivity index (χ2v) is 9.38. The molecule has 0 aliphatic rings. The number of carbonyl (C=O) groups excluding carboxylic acids is 1. The van der Waals surface area contributed by atoms with Crippen molar-refractivity contribution in [3.05, 3.63) is 97.9 Å². The van der Waals surface area contributed by atoms with Gasteiger partial charge in [-0.15, -0.1) is 0 Å². The molecule has 0 radical (unpaired) electrons. The predicted molar refractivity (Wildman–Crippen MR) is 137 cm³/mol. The number of hydrogen-bond donors (Lipinski definition) is 1. The van der Waals surface area contributed by atoms with Crippen LogP contribution in [0.15, 0.2) is 70.5 Å². The second-order valence-electron chi connectivity index (χ2n) is 8.94. The van der Waals surface area contributed by atoms with Gasteiger partial charge in [-0.2, -0.15) is 0 Å². The molecule has 0 unspecified atom stereocenters. The Kier molecular flexibility index (Phi) is 7.51. The molecule has 0 saturated carbocycles. The molecule has 0 spiro atoms. The summed E-state index contributed by atoms with van der Waals surface area (Å²) in [6.07, 6.45) is 2.45. The van der Waals surface area contributed by atoms with Crippen molar-refractivity contribution in [2.75, 3.05) is 0 Å². The number of halogens is 1. The van der Waals surface area contributed by atoms with Crippen molar-refractivity contribution in [2.24, 2.45) is 5.92 Å². The van der Waals surface area contributed by atoms with E-state index >= 15 is 0 Å². The first-order chi connectivity index (χ1) is 16.8. The lowest BCUT2D eigenvalue weighted by Crippen LogP contribution is -2.44. The Morgan fingerprint density at radius 2 is 1.71 bits per heavy atom. The molecule has 2 aromatic heterocycles. The fourth-order valence-electron chi connectivity index (χ4n) is 3.86. The Bertz CT molecular complexity index is 1440. The molecule has 2 heterocycles. The van der Waals surface area contributed by atoms with E-state index < -0.39 is 17.2 Å². The zero-order chi connectivity index (χ0) is 24.9. The monoisotopic (exact) mass is 493 g/mol. The molecule has 9 heteroatoms. The summed E-state index contributed by atoms with van der Waals surface area (Å²) >= 11 is 5.91. The second kappa shape index (κ2) is 10.7. The first-order valence-electron chi connectivity index (χ1n) is 11.6. The van der Waals surface area contributed by atoms with Crippen LogP contribution in [0.3, 0.4) is 0 Å². The molecule has 4 aromatic rings. The van der Waals surface area contributed by atoms with E-state index in [9.17, 15) is 14.4 Å². The summed E-state index contributed by atoms with van der Waals surface area (Å²) in [5.74, 6) is 0.00144. The molecule has 0 fully saturated rings. The van der Waals surface area contributed by atoms with Crippen molar-refractivity contribution < 1.29 is 4.79 Å². The van der Waals surface area contributed by atoms with Crippen LogP contribution in [-0.2, 0) is 31.0 Å². The quantitative estimate of drug-likeness (QED) is 0.387. The highest BCUT2D eigenvalue weighted by Gasteiger charge is 2.20. The SMILES string of the molecule is CC(C)CCn1cnc2c1c(=O)n(CC(=O)NCc1ccc(Cl)cc1)c(=O)n2Cc1ccccc1. The lowest BCUT2D eigenvalue weighted by molar-refractivity contribution is -0.121. The van der Waals surface area contributed by atoms with Crippen LogP contribution in [0.5, 0.6) is 0 Å². The fraction of sp³-hybridized carbons (Fsp3) is 0.308. The van der Waals surface area contributed by atoms with Crippen molar-refractivity contribution >= 4 is 28.7 Å². The number of hydrogen-bond acceptors (Lipinski definition) is 4. The molecule has 1 N–H and O–H groups in total. The number of benzene rings is 2. The van der Waals surface area contributed by atoms with Gasteiger partial charge in [0, 0.05) is 18.1 Å². The van der Waals surface area contributed by atoms with Crippen LogP contribution in [0.1, 0.15) is 31.4 Å². The number of imidazole rings is 1. The van der Waals surface area contributed by atoms with Crippen LogP contribution < -0.4 is 16.6 Å². The predicted octanol–water partition coefficient (Wildman–Crippen LogP) is 3.42. The Morgan fingerprint density at radius 1 is 1.00 bits per heavy atom. The Hall–Kier alpha value is -3.65. The van der Waals surface area contributed by atoms with Crippen LogP contribution in [0.25, 0.3) is 11.2 Å². The summed E-state index contributed by atoms with van der Waals surface area (Å²) in [6.45, 7) is 4.92. The third-order valence-corrected chi connectivity index (χ3v) is 6.07. The number of carbonyl (C=O) groups is 1. The lowest BCUT2D eigenvalue weighted by atomic mass is 10.1. The smallest absolute Gasteiger partial charge is 0.333 e. The molecule has 0 aliphatic heterocycles. The van der Waals surface area contributed by atoms with Gasteiger partial charge in [0.25, 0.3) is 5.56 Å². The molecule has 1 amide bonds. The van der Waals surface area contributed by atoms with Gasteiger partial charge >= 0.3 is 5.69 Å². The van der Waals surface area contributed by atoms with E-state index in [1.165, 1.54) is 4.57 Å². The summed E-state index contributed by atoms with van der Waals surface area (Å²) in [5, 5.41) is 3.38. The van der Waals surface area contributed by atoms with E-state index in [4.69, 9.17) is 11.6 Å². The summed E-state index contributed by atoms with van der Waals surface area (Å²) in [4.78, 5) is 44.0. The van der Waals surface area contributed by atoms with Crippen LogP contribution in [-0.4, -0.2) is 24.6 Å². The Morgan fingerprint density at radius 3 is 2.40 bits per heavy atom. The largest absolute Gasteiger partial charge is 0.350 e. The maximum atomic E-state index is 13.4. The third kappa shape index (κ3) is 5.71. The van der Waals surface area contributed by atoms with Crippen LogP contribution >= 0.6 is 11.6 Å². The average Bonchev–Trinajstić information content (AvgIpc) is 3.27. The number of amides is 1. The van der Waals surface area contributed by atoms with Gasteiger partial charge in [0.15, 0.2) is 11.2 Å². The summed E-state index contributed by atoms with van der Waals surface area (Å²) in [7, 11) is 0. The lowest BCUT2D eigenvalue weighted by Gasteiger charge is -2.13. The standard InChI is InChI=1S/C26H28ClN5O3/c1-18(2)12-13-30-17-29-24-23(30)25(34)32(26(35)31(24)15-20-6-4-3-5-7-20)16-22(33)28-14-19-8-10-21(27)11-9-19/h3-11,17-18H,12-16H2,1-2H3,(H,28,33). The zero-order valence-electron chi connectivity index (χ0n) is 19.8. The van der Waals surface area contributed by atoms with Crippen molar-refractivity contribution in [2.45, 2.75) is 46.4 Å². The number of aromatic nitrogens is 4. The van der Waals surface area contributed by atoms with E-state index in [1.54, 1.807) is 35.2 Å². The van der Waals surface area contributed by atoms with Gasteiger partial charge in [-0.1, -0.05) is 67.9 Å². The normalized spacial score (nSPS) is 11.3. The average molecular weight is 494 g/mol. The van der Waals surface area contributed by atoms with Crippen molar-refractivity contribution in [1.82, 2.24) is 24.0 Å². The molecule has 8 nitrogen and oxygen atoms in total. The summed E-state index contributed by atoms with van der Waals surface area (Å²) < 4.78 is 4.24. The van der Waals surface area contributed by atoms with Crippen molar-refractivity contribution in [1.29, 1.82) is 0 Å². The van der Waals surface area contributed by atoms with Gasteiger partial charge in [-0.05, 0) is 35.6 Å². The minimum absolute atomic E-state index is 0.240. The molecule has 0 bridgehead atoms. The molecular weight excluding hydrogens is 466 g/mol. The van der Waals surface area contributed by atoms with Gasteiger partial charge in [0.2, 0.25) is 5.91 Å². The molecule has 0 aliphatic carbocycles. The van der Waals surface area contributed by atoms with E-state index in [1.807, 2.05) is 30.3 Å². The number of fused-ring (bicyclic) bond motifs is 1. The molecule has 0 atom stereocenters. The highest BCUT2D eigenvalue weighted by Crippen LogP contribution is 2.12. The topological polar surface area (TPSA) is 90.9 Å². The summed E-state index contributed by atoms with van der Waals surface area (Å²) in [6, 6.07) is 16.6. The minimum Gasteiger partial charge on any atom is -0.350 e. The van der Waals surface area contributed by atoms with Gasteiger partial charge in [0.05, 0.1) is 12.9 Å². The first kappa shape index (κ1) is 24.5. The van der Waals surface area contributed by atoms with Gasteiger partial charge in [0.1, 0.15) is 6.54 Å². The Labute approximate surface area is 207 Å². The van der Waals surface area contributed by atoms with Crippen LogP contribution in [0.2, 0.25) is 5.02 Å². The highest BCUT2D eigenvalue weighted by molar-refractivity contribution is 6.30. The highest BCUT2D eigenvalue weighted by atomic mass is 35.5. The summed E-state index contributed by atoms with van der Waals surface area (Å²) in [5.41, 5.74) is 1.32. The number of aryl methyl sites for hydroxylation is 1. The number of nitrogens with one attached hydrogen (secondary N) is 1. The van der Waals surface area contributed by atoms with E-state index in [2.05, 4.69) is 24.1 Å². The zero-order valence-corrected chi connectivity index (χ0v) is 20.5. The first-order valence-corrected chi connectivity index (χ1v) is 11.9. The molecule has 35 heavy (non-hydrogen) atoms. The molecular formula is C26H28ClN5O3. The van der Waals surface area contributed by atoms with E-state index in [-0.39, 0.29) is 19.6 Å². The minimum atomic E-state index is -0.567. The van der Waals surface area contributed by atoms with Crippen molar-refractivity contribution in [3.63, 3.8) is 0 Å². The Balaban J connectivity index is 1.70. The maximum Gasteiger partial charge on any atom is 0.333 e. The number of nitrogens with zero attached hydrogens (tertiary/aromatic N) is 4. The van der Waals surface area contributed by atoms with Crippen molar-refractivity contribution in [3.8, 4) is 0 Å². The maximum absolute atomic E-state index is 13.4. The number of rotatable bonds is 9. The van der Waals surface area contributed by atoms with Gasteiger partial charge in [-0.3, -0.25) is 14.2 Å². The third-order valence-electron chi connectivity index (χ3n) is 5.82. The van der Waals surface area contributed by atoms with Gasteiger partial charge in [-0.25, -0.2) is 14.3 Å². The fourth-order valence-corrected chi connectivity index (χ4v) is 3.98. The van der Waals surface area contributed by atoms with Gasteiger partial charge < -0.3 is 9.88 Å². The van der Waals surface area contributed by atoms with E-state index in [0.29, 0.717) is 28.6 Å². The molecule has 4 rings (SSSR count). The molecule has 2 aromatic carbocycles.